The lowest BCUT2D eigenvalue weighted by Crippen LogP contribution is -2.37. The molecule has 1 aliphatic rings. The van der Waals surface area contributed by atoms with Crippen molar-refractivity contribution in [3.63, 3.8) is 0 Å². The molecule has 2 heterocycles. The quantitative estimate of drug-likeness (QED) is 0.846. The van der Waals surface area contributed by atoms with E-state index in [-0.39, 0.29) is 0 Å². The summed E-state index contributed by atoms with van der Waals surface area (Å²) >= 11 is 1.80. The van der Waals surface area contributed by atoms with Crippen molar-refractivity contribution in [1.82, 2.24) is 10.2 Å². The highest BCUT2D eigenvalue weighted by molar-refractivity contribution is 7.07. The summed E-state index contributed by atoms with van der Waals surface area (Å²) in [7, 11) is 2.25. The van der Waals surface area contributed by atoms with Gasteiger partial charge in [-0.1, -0.05) is 0 Å². The molecule has 1 saturated heterocycles. The van der Waals surface area contributed by atoms with E-state index < -0.39 is 0 Å². The molecular weight excluding hydrogens is 216 g/mol. The van der Waals surface area contributed by atoms with Gasteiger partial charge >= 0.3 is 0 Å². The fraction of sp³-hybridized carbons (Fsp3) is 0.692. The van der Waals surface area contributed by atoms with Crippen molar-refractivity contribution in [1.29, 1.82) is 0 Å². The topological polar surface area (TPSA) is 15.3 Å². The number of thiophene rings is 1. The molecule has 0 aromatic carbocycles. The Bertz CT molecular complexity index is 278. The highest BCUT2D eigenvalue weighted by atomic mass is 32.1. The molecular formula is C13H22N2S. The molecule has 2 rings (SSSR count). The molecule has 90 valence electrons. The van der Waals surface area contributed by atoms with Gasteiger partial charge in [0.05, 0.1) is 0 Å². The van der Waals surface area contributed by atoms with Crippen LogP contribution in [-0.2, 0) is 6.42 Å². The first kappa shape index (κ1) is 12.1. The molecule has 1 aromatic rings. The maximum Gasteiger partial charge on any atom is 0.00192 e. The van der Waals surface area contributed by atoms with Gasteiger partial charge in [-0.25, -0.2) is 0 Å². The summed E-state index contributed by atoms with van der Waals surface area (Å²) in [5.74, 6) is 0.862. The van der Waals surface area contributed by atoms with Crippen LogP contribution in [0, 0.1) is 5.92 Å². The normalized spacial score (nSPS) is 21.5. The van der Waals surface area contributed by atoms with Crippen molar-refractivity contribution < 1.29 is 0 Å². The van der Waals surface area contributed by atoms with E-state index in [1.165, 1.54) is 51.0 Å². The van der Waals surface area contributed by atoms with Gasteiger partial charge in [-0.2, -0.15) is 11.3 Å². The lowest BCUT2D eigenvalue weighted by molar-refractivity contribution is 0.245. The van der Waals surface area contributed by atoms with E-state index in [0.29, 0.717) is 0 Å². The largest absolute Gasteiger partial charge is 0.316 e. The fourth-order valence-electron chi connectivity index (χ4n) is 2.37. The number of hydrogen-bond donors (Lipinski definition) is 1. The summed E-state index contributed by atoms with van der Waals surface area (Å²) in [6, 6.07) is 2.24. The van der Waals surface area contributed by atoms with Crippen molar-refractivity contribution in [2.75, 3.05) is 33.2 Å². The van der Waals surface area contributed by atoms with E-state index in [1.807, 2.05) is 0 Å². The second-order valence-corrected chi connectivity index (χ2v) is 5.64. The van der Waals surface area contributed by atoms with Crippen LogP contribution in [0.1, 0.15) is 18.4 Å². The first-order valence-electron chi connectivity index (χ1n) is 6.25. The monoisotopic (exact) mass is 238 g/mol. The first-order chi connectivity index (χ1) is 7.84. The summed E-state index contributed by atoms with van der Waals surface area (Å²) in [6.45, 7) is 4.86. The van der Waals surface area contributed by atoms with Gasteiger partial charge in [-0.3, -0.25) is 0 Å². The molecule has 0 spiro atoms. The van der Waals surface area contributed by atoms with Crippen LogP contribution in [0.4, 0.5) is 0 Å². The Kier molecular flexibility index (Phi) is 4.82. The van der Waals surface area contributed by atoms with Crippen molar-refractivity contribution in [2.45, 2.75) is 19.3 Å². The molecule has 0 radical (unpaired) electrons. The second kappa shape index (κ2) is 6.38. The standard InChI is InChI=1S/C13H22N2S/c1-15(7-4-12-5-8-16-11-12)10-13-3-2-6-14-9-13/h5,8,11,13-14H,2-4,6-7,9-10H2,1H3. The molecule has 1 atom stereocenters. The van der Waals surface area contributed by atoms with Gasteiger partial charge in [0, 0.05) is 13.1 Å². The van der Waals surface area contributed by atoms with Gasteiger partial charge in [-0.15, -0.1) is 0 Å². The minimum Gasteiger partial charge on any atom is -0.316 e. The highest BCUT2D eigenvalue weighted by Crippen LogP contribution is 2.12. The third-order valence-corrected chi connectivity index (χ3v) is 4.06. The first-order valence-corrected chi connectivity index (χ1v) is 7.19. The summed E-state index contributed by atoms with van der Waals surface area (Å²) in [6.07, 6.45) is 3.94. The molecule has 3 heteroatoms. The lowest BCUT2D eigenvalue weighted by atomic mass is 9.99. The van der Waals surface area contributed by atoms with Crippen molar-refractivity contribution >= 4 is 11.3 Å². The Morgan fingerprint density at radius 1 is 1.56 bits per heavy atom. The van der Waals surface area contributed by atoms with Crippen LogP contribution >= 0.6 is 11.3 Å². The Hall–Kier alpha value is -0.380. The van der Waals surface area contributed by atoms with Crippen molar-refractivity contribution in [3.8, 4) is 0 Å². The van der Waals surface area contributed by atoms with Gasteiger partial charge in [0.2, 0.25) is 0 Å². The van der Waals surface area contributed by atoms with Crippen molar-refractivity contribution in [2.24, 2.45) is 5.92 Å². The zero-order chi connectivity index (χ0) is 11.2. The SMILES string of the molecule is CN(CCc1ccsc1)CC1CCCNC1. The van der Waals surface area contributed by atoms with Crippen LogP contribution in [0.2, 0.25) is 0 Å². The number of nitrogens with one attached hydrogen (secondary N) is 1. The van der Waals surface area contributed by atoms with E-state index in [2.05, 4.69) is 34.1 Å². The third kappa shape index (κ3) is 3.89. The molecule has 1 fully saturated rings. The zero-order valence-electron chi connectivity index (χ0n) is 10.1. The van der Waals surface area contributed by atoms with Crippen molar-refractivity contribution in [3.05, 3.63) is 22.4 Å². The second-order valence-electron chi connectivity index (χ2n) is 4.86. The molecule has 0 saturated carbocycles. The molecule has 1 aliphatic heterocycles. The minimum absolute atomic E-state index is 0.862. The molecule has 0 amide bonds. The maximum absolute atomic E-state index is 3.48. The fourth-order valence-corrected chi connectivity index (χ4v) is 3.07. The van der Waals surface area contributed by atoms with Crippen LogP contribution in [0.5, 0.6) is 0 Å². The lowest BCUT2D eigenvalue weighted by Gasteiger charge is -2.27. The number of nitrogens with zero attached hydrogens (tertiary/aromatic N) is 1. The molecule has 1 N–H and O–H groups in total. The average molecular weight is 238 g/mol. The number of piperidine rings is 1. The third-order valence-electron chi connectivity index (χ3n) is 3.33. The number of rotatable bonds is 5. The van der Waals surface area contributed by atoms with E-state index in [0.717, 1.165) is 5.92 Å². The van der Waals surface area contributed by atoms with Crippen LogP contribution in [-0.4, -0.2) is 38.1 Å². The molecule has 1 unspecified atom stereocenters. The van der Waals surface area contributed by atoms with E-state index in [1.54, 1.807) is 11.3 Å². The summed E-state index contributed by atoms with van der Waals surface area (Å²) < 4.78 is 0. The smallest absolute Gasteiger partial charge is 0.00192 e. The molecule has 0 bridgehead atoms. The van der Waals surface area contributed by atoms with E-state index in [4.69, 9.17) is 0 Å². The van der Waals surface area contributed by atoms with Crippen LogP contribution < -0.4 is 5.32 Å². The maximum atomic E-state index is 3.48. The van der Waals surface area contributed by atoms with Crippen LogP contribution in [0.3, 0.4) is 0 Å². The average Bonchev–Trinajstić information content (AvgIpc) is 2.81. The van der Waals surface area contributed by atoms with Gasteiger partial charge < -0.3 is 10.2 Å². The Morgan fingerprint density at radius 2 is 2.50 bits per heavy atom. The number of hydrogen-bond acceptors (Lipinski definition) is 3. The molecule has 0 aliphatic carbocycles. The summed E-state index contributed by atoms with van der Waals surface area (Å²) in [5.41, 5.74) is 1.48. The predicted molar refractivity (Wildman–Crippen MR) is 71.1 cm³/mol. The van der Waals surface area contributed by atoms with E-state index in [9.17, 15) is 0 Å². The Labute approximate surface area is 103 Å². The molecule has 1 aromatic heterocycles. The highest BCUT2D eigenvalue weighted by Gasteiger charge is 2.14. The van der Waals surface area contributed by atoms with E-state index >= 15 is 0 Å². The van der Waals surface area contributed by atoms with Gasteiger partial charge in [0.15, 0.2) is 0 Å². The van der Waals surface area contributed by atoms with Gasteiger partial charge in [0.25, 0.3) is 0 Å². The Balaban J connectivity index is 1.65. The summed E-state index contributed by atoms with van der Waals surface area (Å²) in [5, 5.41) is 7.91. The van der Waals surface area contributed by atoms with Gasteiger partial charge in [-0.05, 0) is 67.7 Å². The van der Waals surface area contributed by atoms with Crippen LogP contribution in [0.15, 0.2) is 16.8 Å². The van der Waals surface area contributed by atoms with Crippen LogP contribution in [0.25, 0.3) is 0 Å². The zero-order valence-corrected chi connectivity index (χ0v) is 10.9. The Morgan fingerprint density at radius 3 is 3.19 bits per heavy atom. The van der Waals surface area contributed by atoms with Gasteiger partial charge in [0.1, 0.15) is 0 Å². The predicted octanol–water partition coefficient (Wildman–Crippen LogP) is 2.22. The minimum atomic E-state index is 0.862. The molecule has 16 heavy (non-hydrogen) atoms. The molecule has 2 nitrogen and oxygen atoms in total. The summed E-state index contributed by atoms with van der Waals surface area (Å²) in [4.78, 5) is 2.48. The number of likely N-dealkylation sites (N-methyl/N-ethyl adjacent to an activating group) is 1.